The van der Waals surface area contributed by atoms with E-state index in [1.807, 2.05) is 30.3 Å². The quantitative estimate of drug-likeness (QED) is 0.259. The fraction of sp³-hybridized carbons (Fsp3) is 0.355. The molecule has 0 spiro atoms. The van der Waals surface area contributed by atoms with Gasteiger partial charge in [0.2, 0.25) is 11.5 Å². The number of methoxy groups -OCH3 is 3. The first-order valence-electron chi connectivity index (χ1n) is 13.3. The molecule has 0 bridgehead atoms. The smallest absolute Gasteiger partial charge is 0.290 e. The highest BCUT2D eigenvalue weighted by Gasteiger charge is 2.43. The number of carbonyl (C=O) groups excluding carboxylic acids is 1. The first-order valence-corrected chi connectivity index (χ1v) is 13.3. The molecule has 0 radical (unpaired) electrons. The van der Waals surface area contributed by atoms with Crippen molar-refractivity contribution in [2.45, 2.75) is 26.3 Å². The summed E-state index contributed by atoms with van der Waals surface area (Å²) < 4.78 is 23.1. The molecular weight excluding hydrogens is 496 g/mol. The largest absolute Gasteiger partial charge is 0.493 e. The summed E-state index contributed by atoms with van der Waals surface area (Å²) in [5, 5.41) is 2.19. The van der Waals surface area contributed by atoms with Crippen molar-refractivity contribution < 1.29 is 23.4 Å². The number of nitrogens with zero attached hydrogens (tertiary/aromatic N) is 2. The average molecular weight is 531 g/mol. The first-order chi connectivity index (χ1) is 19.0. The van der Waals surface area contributed by atoms with Crippen molar-refractivity contribution in [1.29, 1.82) is 0 Å². The molecule has 2 heterocycles. The Balaban J connectivity index is 1.71. The van der Waals surface area contributed by atoms with Crippen molar-refractivity contribution in [2.75, 3.05) is 47.5 Å². The summed E-state index contributed by atoms with van der Waals surface area (Å²) in [6.45, 7) is 7.40. The summed E-state index contributed by atoms with van der Waals surface area (Å²) in [6, 6.07) is 14.3. The van der Waals surface area contributed by atoms with E-state index in [1.165, 1.54) is 0 Å². The summed E-state index contributed by atoms with van der Waals surface area (Å²) in [4.78, 5) is 32.1. The lowest BCUT2D eigenvalue weighted by Gasteiger charge is -2.27. The van der Waals surface area contributed by atoms with Crippen LogP contribution in [0.1, 0.15) is 48.0 Å². The van der Waals surface area contributed by atoms with Gasteiger partial charge in [0.15, 0.2) is 16.9 Å². The van der Waals surface area contributed by atoms with Crippen molar-refractivity contribution in [3.63, 3.8) is 0 Å². The first kappa shape index (κ1) is 26.6. The van der Waals surface area contributed by atoms with Gasteiger partial charge in [-0.25, -0.2) is 0 Å². The molecule has 8 nitrogen and oxygen atoms in total. The Morgan fingerprint density at radius 3 is 2.23 bits per heavy atom. The molecule has 0 N–H and O–H groups in total. The van der Waals surface area contributed by atoms with Gasteiger partial charge in [-0.1, -0.05) is 44.2 Å². The molecule has 8 heteroatoms. The maximum absolute atomic E-state index is 14.1. The van der Waals surface area contributed by atoms with Gasteiger partial charge in [-0.3, -0.25) is 9.59 Å². The lowest BCUT2D eigenvalue weighted by molar-refractivity contribution is 0.0720. The van der Waals surface area contributed by atoms with Crippen LogP contribution in [0.2, 0.25) is 0 Å². The van der Waals surface area contributed by atoms with Gasteiger partial charge in [0.1, 0.15) is 5.58 Å². The zero-order chi connectivity index (χ0) is 27.7. The van der Waals surface area contributed by atoms with Crippen LogP contribution in [0.4, 0.5) is 0 Å². The second kappa shape index (κ2) is 11.0. The molecule has 1 aromatic heterocycles. The molecule has 4 aromatic rings. The van der Waals surface area contributed by atoms with E-state index in [2.05, 4.69) is 18.7 Å². The zero-order valence-corrected chi connectivity index (χ0v) is 23.1. The molecule has 0 aliphatic carbocycles. The minimum atomic E-state index is -0.662. The van der Waals surface area contributed by atoms with Gasteiger partial charge in [-0.2, -0.15) is 0 Å². The molecule has 1 aliphatic heterocycles. The minimum absolute atomic E-state index is 0.0884. The monoisotopic (exact) mass is 530 g/mol. The van der Waals surface area contributed by atoms with Crippen LogP contribution in [0.25, 0.3) is 21.7 Å². The Bertz CT molecular complexity index is 1560. The number of ether oxygens (including phenoxy) is 3. The molecular formula is C31H34N2O6. The SMILES string of the molecule is CCN(CC)CCCN1C(=O)c2oc3c(ccc4ccccc43)c(=O)c2C1c1cc(OC)c(OC)c(OC)c1. The van der Waals surface area contributed by atoms with Crippen molar-refractivity contribution in [3.8, 4) is 17.2 Å². The Kier molecular flexibility index (Phi) is 7.48. The maximum atomic E-state index is 14.1. The third-order valence-corrected chi connectivity index (χ3v) is 7.63. The predicted octanol–water partition coefficient (Wildman–Crippen LogP) is 5.25. The molecule has 0 saturated heterocycles. The van der Waals surface area contributed by atoms with E-state index in [1.54, 1.807) is 44.4 Å². The predicted molar refractivity (Wildman–Crippen MR) is 151 cm³/mol. The van der Waals surface area contributed by atoms with Gasteiger partial charge in [-0.15, -0.1) is 0 Å². The number of hydrogen-bond acceptors (Lipinski definition) is 7. The van der Waals surface area contributed by atoms with Gasteiger partial charge in [0, 0.05) is 11.9 Å². The van der Waals surface area contributed by atoms with Gasteiger partial charge in [-0.05, 0) is 55.2 Å². The fourth-order valence-electron chi connectivity index (χ4n) is 5.59. The van der Waals surface area contributed by atoms with E-state index >= 15 is 0 Å². The zero-order valence-electron chi connectivity index (χ0n) is 23.1. The number of benzene rings is 3. The van der Waals surface area contributed by atoms with Crippen LogP contribution in [-0.2, 0) is 0 Å². The van der Waals surface area contributed by atoms with E-state index < -0.39 is 6.04 Å². The van der Waals surface area contributed by atoms with Crippen LogP contribution in [0.3, 0.4) is 0 Å². The topological polar surface area (TPSA) is 81.5 Å². The molecule has 1 aliphatic rings. The lowest BCUT2D eigenvalue weighted by atomic mass is 9.96. The molecule has 0 saturated carbocycles. The molecule has 1 unspecified atom stereocenters. The Labute approximate surface area is 227 Å². The van der Waals surface area contributed by atoms with Crippen LogP contribution in [0.15, 0.2) is 57.7 Å². The summed E-state index contributed by atoms with van der Waals surface area (Å²) in [7, 11) is 4.63. The van der Waals surface area contributed by atoms with Crippen LogP contribution < -0.4 is 19.6 Å². The van der Waals surface area contributed by atoms with Gasteiger partial charge >= 0.3 is 0 Å². The Morgan fingerprint density at radius 2 is 1.59 bits per heavy atom. The molecule has 5 rings (SSSR count). The van der Waals surface area contributed by atoms with Crippen molar-refractivity contribution in [3.05, 3.63) is 75.6 Å². The second-order valence-corrected chi connectivity index (χ2v) is 9.58. The van der Waals surface area contributed by atoms with E-state index in [0.29, 0.717) is 45.9 Å². The van der Waals surface area contributed by atoms with E-state index in [4.69, 9.17) is 18.6 Å². The molecule has 0 fully saturated rings. The Morgan fingerprint density at radius 1 is 0.897 bits per heavy atom. The second-order valence-electron chi connectivity index (χ2n) is 9.58. The molecule has 1 atom stereocenters. The summed E-state index contributed by atoms with van der Waals surface area (Å²) in [6.07, 6.45) is 0.749. The minimum Gasteiger partial charge on any atom is -0.493 e. The van der Waals surface area contributed by atoms with Gasteiger partial charge in [0.05, 0.1) is 38.3 Å². The van der Waals surface area contributed by atoms with Crippen molar-refractivity contribution in [2.24, 2.45) is 0 Å². The number of amides is 1. The van der Waals surface area contributed by atoms with Crippen LogP contribution in [0.5, 0.6) is 17.2 Å². The van der Waals surface area contributed by atoms with Crippen LogP contribution >= 0.6 is 0 Å². The highest BCUT2D eigenvalue weighted by Crippen LogP contribution is 2.45. The average Bonchev–Trinajstić information content (AvgIpc) is 3.25. The fourth-order valence-corrected chi connectivity index (χ4v) is 5.59. The third-order valence-electron chi connectivity index (χ3n) is 7.63. The van der Waals surface area contributed by atoms with E-state index in [-0.39, 0.29) is 17.1 Å². The number of carbonyl (C=O) groups is 1. The normalized spacial score (nSPS) is 14.9. The van der Waals surface area contributed by atoms with Crippen LogP contribution in [-0.4, -0.2) is 63.2 Å². The van der Waals surface area contributed by atoms with E-state index in [0.717, 1.165) is 36.8 Å². The van der Waals surface area contributed by atoms with E-state index in [9.17, 15) is 9.59 Å². The number of hydrogen-bond donors (Lipinski definition) is 0. The summed E-state index contributed by atoms with van der Waals surface area (Å²) in [5.41, 5.74) is 1.24. The van der Waals surface area contributed by atoms with Gasteiger partial charge in [0.25, 0.3) is 5.91 Å². The van der Waals surface area contributed by atoms with Crippen LogP contribution in [0, 0.1) is 0 Å². The third kappa shape index (κ3) is 4.48. The maximum Gasteiger partial charge on any atom is 0.290 e. The molecule has 1 amide bonds. The molecule has 39 heavy (non-hydrogen) atoms. The van der Waals surface area contributed by atoms with Crippen molar-refractivity contribution in [1.82, 2.24) is 9.80 Å². The van der Waals surface area contributed by atoms with Gasteiger partial charge < -0.3 is 28.4 Å². The summed E-state index contributed by atoms with van der Waals surface area (Å²) in [5.74, 6) is 1.14. The lowest BCUT2D eigenvalue weighted by Crippen LogP contribution is -2.33. The molecule has 204 valence electrons. The number of fused-ring (bicyclic) bond motifs is 4. The summed E-state index contributed by atoms with van der Waals surface area (Å²) >= 11 is 0. The number of rotatable bonds is 10. The molecule has 3 aromatic carbocycles. The van der Waals surface area contributed by atoms with Crippen molar-refractivity contribution >= 4 is 27.6 Å². The highest BCUT2D eigenvalue weighted by atomic mass is 16.5. The highest BCUT2D eigenvalue weighted by molar-refractivity contribution is 6.06. The standard InChI is InChI=1S/C31H34N2O6/c1-6-32(7-2)15-10-16-33-26(20-17-23(36-3)29(38-5)24(18-20)37-4)25-27(34)22-14-13-19-11-8-9-12-21(19)28(22)39-30(25)31(33)35/h8-9,11-14,17-18,26H,6-7,10,15-16H2,1-5H3. The Hall–Kier alpha value is -4.04.